The van der Waals surface area contributed by atoms with Gasteiger partial charge in [0.15, 0.2) is 0 Å². The first-order valence-corrected chi connectivity index (χ1v) is 13.0. The molecule has 0 heterocycles. The van der Waals surface area contributed by atoms with Crippen LogP contribution in [0.3, 0.4) is 0 Å². The Balaban J connectivity index is 3.19. The number of carbonyl (C=O) groups is 1. The van der Waals surface area contributed by atoms with Crippen LogP contribution in [0.15, 0.2) is 0 Å². The van der Waals surface area contributed by atoms with Crippen molar-refractivity contribution in [2.24, 2.45) is 0 Å². The van der Waals surface area contributed by atoms with E-state index in [1.54, 1.807) is 0 Å². The van der Waals surface area contributed by atoms with E-state index in [-0.39, 0.29) is 5.91 Å². The van der Waals surface area contributed by atoms with Gasteiger partial charge in [-0.2, -0.15) is 0 Å². The van der Waals surface area contributed by atoms with Gasteiger partial charge in [-0.1, -0.05) is 116 Å². The van der Waals surface area contributed by atoms with Gasteiger partial charge < -0.3 is 9.80 Å². The third-order valence-electron chi connectivity index (χ3n) is 6.05. The van der Waals surface area contributed by atoms with E-state index in [1.165, 1.54) is 109 Å². The molecule has 0 aliphatic rings. The van der Waals surface area contributed by atoms with Crippen molar-refractivity contribution in [1.29, 1.82) is 0 Å². The molecule has 0 atom stereocenters. The summed E-state index contributed by atoms with van der Waals surface area (Å²) >= 11 is 0. The van der Waals surface area contributed by atoms with Gasteiger partial charge in [-0.15, -0.1) is 0 Å². The molecule has 29 heavy (non-hydrogen) atoms. The predicted octanol–water partition coefficient (Wildman–Crippen LogP) is 7.44. The van der Waals surface area contributed by atoms with Gasteiger partial charge in [0, 0.05) is 26.6 Å². The van der Waals surface area contributed by atoms with Crippen LogP contribution in [0, 0.1) is 0 Å². The van der Waals surface area contributed by atoms with E-state index in [0.717, 1.165) is 19.5 Å². The fourth-order valence-corrected chi connectivity index (χ4v) is 3.89. The third-order valence-corrected chi connectivity index (χ3v) is 6.05. The van der Waals surface area contributed by atoms with E-state index in [0.29, 0.717) is 6.42 Å². The molecule has 0 unspecified atom stereocenters. The summed E-state index contributed by atoms with van der Waals surface area (Å²) in [5.74, 6) is 0.283. The first-order valence-electron chi connectivity index (χ1n) is 13.0. The van der Waals surface area contributed by atoms with Crippen molar-refractivity contribution >= 4 is 5.91 Å². The molecule has 0 saturated heterocycles. The van der Waals surface area contributed by atoms with E-state index in [2.05, 4.69) is 11.8 Å². The first-order chi connectivity index (χ1) is 14.1. The quantitative estimate of drug-likeness (QED) is 0.173. The molecule has 3 nitrogen and oxygen atoms in total. The Hall–Kier alpha value is -0.570. The molecule has 174 valence electrons. The van der Waals surface area contributed by atoms with E-state index >= 15 is 0 Å². The van der Waals surface area contributed by atoms with Crippen LogP contribution in [0.5, 0.6) is 0 Å². The van der Waals surface area contributed by atoms with Crippen molar-refractivity contribution in [2.45, 2.75) is 129 Å². The number of nitrogens with zero attached hydrogens (tertiary/aromatic N) is 2. The zero-order valence-corrected chi connectivity index (χ0v) is 20.7. The molecule has 0 aliphatic heterocycles. The molecule has 0 aromatic carbocycles. The molecular weight excluding hydrogens is 356 g/mol. The number of carbonyl (C=O) groups excluding carboxylic acids is 1. The molecule has 1 amide bonds. The zero-order valence-electron chi connectivity index (χ0n) is 20.7. The Morgan fingerprint density at radius 1 is 0.517 bits per heavy atom. The Kier molecular flexibility index (Phi) is 21.7. The fraction of sp³-hybridized carbons (Fsp3) is 0.962. The van der Waals surface area contributed by atoms with E-state index in [1.807, 2.05) is 26.0 Å². The van der Waals surface area contributed by atoms with Crippen LogP contribution >= 0.6 is 0 Å². The zero-order chi connectivity index (χ0) is 21.6. The van der Waals surface area contributed by atoms with Crippen LogP contribution in [0.1, 0.15) is 129 Å². The average molecular weight is 411 g/mol. The lowest BCUT2D eigenvalue weighted by Crippen LogP contribution is -2.30. The largest absolute Gasteiger partial charge is 0.346 e. The highest BCUT2D eigenvalue weighted by molar-refractivity contribution is 5.75. The van der Waals surface area contributed by atoms with Gasteiger partial charge >= 0.3 is 0 Å². The maximum atomic E-state index is 12.0. The molecule has 0 radical (unpaired) electrons. The monoisotopic (exact) mass is 410 g/mol. The summed E-state index contributed by atoms with van der Waals surface area (Å²) in [5.41, 5.74) is 0. The van der Waals surface area contributed by atoms with Crippen LogP contribution < -0.4 is 0 Å². The molecule has 3 heteroatoms. The summed E-state index contributed by atoms with van der Waals surface area (Å²) in [6, 6.07) is 0. The molecule has 0 aromatic rings. The summed E-state index contributed by atoms with van der Waals surface area (Å²) in [6.45, 7) is 4.06. The van der Waals surface area contributed by atoms with Crippen LogP contribution in [-0.4, -0.2) is 49.9 Å². The molecule has 0 rings (SSSR count). The third kappa shape index (κ3) is 21.9. The van der Waals surface area contributed by atoms with Gasteiger partial charge in [0.1, 0.15) is 0 Å². The van der Waals surface area contributed by atoms with E-state index in [4.69, 9.17) is 0 Å². The summed E-state index contributed by atoms with van der Waals surface area (Å²) < 4.78 is 0. The highest BCUT2D eigenvalue weighted by Crippen LogP contribution is 2.14. The highest BCUT2D eigenvalue weighted by Gasteiger charge is 2.08. The van der Waals surface area contributed by atoms with Gasteiger partial charge in [0.25, 0.3) is 0 Å². The lowest BCUT2D eigenvalue weighted by atomic mass is 10.0. The number of rotatable bonds is 22. The van der Waals surface area contributed by atoms with Gasteiger partial charge in [-0.05, 0) is 20.5 Å². The summed E-state index contributed by atoms with van der Waals surface area (Å²) in [7, 11) is 5.99. The minimum absolute atomic E-state index is 0.283. The minimum Gasteiger partial charge on any atom is -0.346 e. The number of hydrogen-bond acceptors (Lipinski definition) is 2. The maximum Gasteiger partial charge on any atom is 0.223 e. The number of amides is 1. The van der Waals surface area contributed by atoms with E-state index in [9.17, 15) is 4.79 Å². The predicted molar refractivity (Wildman–Crippen MR) is 130 cm³/mol. The molecule has 0 saturated carbocycles. The van der Waals surface area contributed by atoms with Gasteiger partial charge in [-0.25, -0.2) is 0 Å². The molecule has 0 aromatic heterocycles. The Bertz CT molecular complexity index is 344. The highest BCUT2D eigenvalue weighted by atomic mass is 16.2. The normalized spacial score (nSPS) is 11.3. The smallest absolute Gasteiger partial charge is 0.223 e. The Morgan fingerprint density at radius 3 is 1.21 bits per heavy atom. The lowest BCUT2D eigenvalue weighted by molar-refractivity contribution is -0.130. The van der Waals surface area contributed by atoms with Crippen LogP contribution in [0.25, 0.3) is 0 Å². The summed E-state index contributed by atoms with van der Waals surface area (Å²) in [4.78, 5) is 15.9. The molecule has 0 N–H and O–H groups in total. The standard InChI is InChI=1S/C26H54N2O/c1-5-6-7-8-9-10-11-12-13-14-15-16-17-18-19-20-21-22-24-28(4)26(29)23-25-27(2)3/h5-25H2,1-4H3. The van der Waals surface area contributed by atoms with Crippen molar-refractivity contribution in [1.82, 2.24) is 9.80 Å². The molecular formula is C26H54N2O. The second-order valence-electron chi connectivity index (χ2n) is 9.38. The molecule has 0 spiro atoms. The second kappa shape index (κ2) is 22.1. The van der Waals surface area contributed by atoms with E-state index < -0.39 is 0 Å². The SMILES string of the molecule is CCCCCCCCCCCCCCCCCCCCN(C)C(=O)CCN(C)C. The topological polar surface area (TPSA) is 23.6 Å². The van der Waals surface area contributed by atoms with Crippen molar-refractivity contribution in [2.75, 3.05) is 34.2 Å². The molecule has 0 fully saturated rings. The fourth-order valence-electron chi connectivity index (χ4n) is 3.89. The Labute approximate surface area is 184 Å². The first kappa shape index (κ1) is 28.4. The lowest BCUT2D eigenvalue weighted by Gasteiger charge is -2.18. The summed E-state index contributed by atoms with van der Waals surface area (Å²) in [5, 5.41) is 0. The Morgan fingerprint density at radius 2 is 0.862 bits per heavy atom. The van der Waals surface area contributed by atoms with Crippen molar-refractivity contribution < 1.29 is 4.79 Å². The number of hydrogen-bond donors (Lipinski definition) is 0. The van der Waals surface area contributed by atoms with Gasteiger partial charge in [0.05, 0.1) is 0 Å². The van der Waals surface area contributed by atoms with Crippen LogP contribution in [-0.2, 0) is 4.79 Å². The van der Waals surface area contributed by atoms with Gasteiger partial charge in [-0.3, -0.25) is 4.79 Å². The number of unbranched alkanes of at least 4 members (excludes halogenated alkanes) is 17. The minimum atomic E-state index is 0.283. The van der Waals surface area contributed by atoms with Gasteiger partial charge in [0.2, 0.25) is 5.91 Å². The van der Waals surface area contributed by atoms with Crippen LogP contribution in [0.4, 0.5) is 0 Å². The maximum absolute atomic E-state index is 12.0. The van der Waals surface area contributed by atoms with Crippen LogP contribution in [0.2, 0.25) is 0 Å². The second-order valence-corrected chi connectivity index (χ2v) is 9.38. The molecule has 0 bridgehead atoms. The van der Waals surface area contributed by atoms with Crippen molar-refractivity contribution in [3.63, 3.8) is 0 Å². The molecule has 0 aliphatic carbocycles. The summed E-state index contributed by atoms with van der Waals surface area (Å²) in [6.07, 6.45) is 25.9. The van der Waals surface area contributed by atoms with Crippen molar-refractivity contribution in [3.8, 4) is 0 Å². The van der Waals surface area contributed by atoms with Crippen molar-refractivity contribution in [3.05, 3.63) is 0 Å². The average Bonchev–Trinajstić information content (AvgIpc) is 2.70.